The number of rotatable bonds is 5. The van der Waals surface area contributed by atoms with E-state index in [1.165, 1.54) is 0 Å². The van der Waals surface area contributed by atoms with Crippen LogP contribution in [0, 0.1) is 6.92 Å². The first-order valence-corrected chi connectivity index (χ1v) is 6.16. The molecule has 1 aromatic rings. The third-order valence-corrected chi connectivity index (χ3v) is 3.26. The average Bonchev–Trinajstić information content (AvgIpc) is 2.59. The second-order valence-corrected chi connectivity index (χ2v) is 4.85. The summed E-state index contributed by atoms with van der Waals surface area (Å²) in [4.78, 5) is 22.9. The van der Waals surface area contributed by atoms with E-state index in [9.17, 15) is 9.59 Å². The lowest BCUT2D eigenvalue weighted by atomic mass is 10.2. The summed E-state index contributed by atoms with van der Waals surface area (Å²) in [6.07, 6.45) is -0.0779. The smallest absolute Gasteiger partial charge is 0.315 e. The van der Waals surface area contributed by atoms with Gasteiger partial charge in [0.2, 0.25) is 0 Å². The molecular formula is C11H16N2O3S. The Morgan fingerprint density at radius 1 is 1.53 bits per heavy atom. The molecule has 0 saturated carbocycles. The fourth-order valence-corrected chi connectivity index (χ4v) is 2.18. The third-order valence-electron chi connectivity index (χ3n) is 2.24. The number of carbonyl (C=O) groups is 2. The van der Waals surface area contributed by atoms with Gasteiger partial charge in [0.05, 0.1) is 13.0 Å². The molecule has 3 N–H and O–H groups in total. The summed E-state index contributed by atoms with van der Waals surface area (Å²) < 4.78 is 0. The van der Waals surface area contributed by atoms with Gasteiger partial charge in [0.25, 0.3) is 0 Å². The van der Waals surface area contributed by atoms with E-state index in [0.717, 1.165) is 10.4 Å². The first-order valence-electron chi connectivity index (χ1n) is 5.28. The van der Waals surface area contributed by atoms with Crippen LogP contribution in [0.1, 0.15) is 23.8 Å². The molecule has 0 aliphatic rings. The van der Waals surface area contributed by atoms with E-state index in [2.05, 4.69) is 10.6 Å². The lowest BCUT2D eigenvalue weighted by Gasteiger charge is -2.12. The molecule has 0 aromatic carbocycles. The van der Waals surface area contributed by atoms with Crippen molar-refractivity contribution < 1.29 is 14.7 Å². The van der Waals surface area contributed by atoms with Crippen molar-refractivity contribution in [3.63, 3.8) is 0 Å². The molecular weight excluding hydrogens is 240 g/mol. The number of thiophene rings is 1. The number of amides is 2. The van der Waals surface area contributed by atoms with E-state index in [1.54, 1.807) is 18.3 Å². The topological polar surface area (TPSA) is 78.4 Å². The van der Waals surface area contributed by atoms with Gasteiger partial charge in [-0.05, 0) is 30.9 Å². The summed E-state index contributed by atoms with van der Waals surface area (Å²) in [6.45, 7) is 4.11. The van der Waals surface area contributed by atoms with Crippen LogP contribution >= 0.6 is 11.3 Å². The zero-order valence-electron chi connectivity index (χ0n) is 9.82. The average molecular weight is 256 g/mol. The quantitative estimate of drug-likeness (QED) is 0.750. The molecule has 0 fully saturated rings. The largest absolute Gasteiger partial charge is 0.481 e. The van der Waals surface area contributed by atoms with Crippen molar-refractivity contribution in [2.75, 3.05) is 0 Å². The van der Waals surface area contributed by atoms with Crippen molar-refractivity contribution in [3.8, 4) is 0 Å². The summed E-state index contributed by atoms with van der Waals surface area (Å²) in [7, 11) is 0. The van der Waals surface area contributed by atoms with E-state index in [0.29, 0.717) is 6.54 Å². The molecule has 1 unspecified atom stereocenters. The number of nitrogens with one attached hydrogen (secondary N) is 2. The van der Waals surface area contributed by atoms with Gasteiger partial charge in [-0.15, -0.1) is 11.3 Å². The molecule has 0 saturated heterocycles. The van der Waals surface area contributed by atoms with Gasteiger partial charge in [0, 0.05) is 10.9 Å². The van der Waals surface area contributed by atoms with Crippen LogP contribution in [-0.4, -0.2) is 23.1 Å². The van der Waals surface area contributed by atoms with Gasteiger partial charge in [0.15, 0.2) is 0 Å². The molecule has 2 amide bonds. The predicted molar refractivity (Wildman–Crippen MR) is 66.1 cm³/mol. The van der Waals surface area contributed by atoms with E-state index in [4.69, 9.17) is 5.11 Å². The summed E-state index contributed by atoms with van der Waals surface area (Å²) >= 11 is 1.58. The van der Waals surface area contributed by atoms with Crippen LogP contribution in [0.25, 0.3) is 0 Å². The third kappa shape index (κ3) is 4.86. The minimum Gasteiger partial charge on any atom is -0.481 e. The predicted octanol–water partition coefficient (Wildman–Crippen LogP) is 1.72. The van der Waals surface area contributed by atoms with Crippen LogP contribution in [0.3, 0.4) is 0 Å². The van der Waals surface area contributed by atoms with Gasteiger partial charge < -0.3 is 15.7 Å². The van der Waals surface area contributed by atoms with Crippen molar-refractivity contribution in [1.29, 1.82) is 0 Å². The molecule has 17 heavy (non-hydrogen) atoms. The maximum absolute atomic E-state index is 11.4. The Balaban J connectivity index is 2.30. The molecule has 0 aliphatic carbocycles. The molecule has 0 bridgehead atoms. The summed E-state index contributed by atoms with van der Waals surface area (Å²) in [6, 6.07) is 1.27. The molecule has 0 aliphatic heterocycles. The summed E-state index contributed by atoms with van der Waals surface area (Å²) in [5.41, 5.74) is 1.15. The normalized spacial score (nSPS) is 11.9. The molecule has 1 rings (SSSR count). The molecule has 94 valence electrons. The summed E-state index contributed by atoms with van der Waals surface area (Å²) in [5, 5.41) is 15.8. The van der Waals surface area contributed by atoms with Crippen molar-refractivity contribution >= 4 is 23.3 Å². The zero-order valence-corrected chi connectivity index (χ0v) is 10.6. The van der Waals surface area contributed by atoms with Gasteiger partial charge in [-0.1, -0.05) is 0 Å². The fourth-order valence-electron chi connectivity index (χ4n) is 1.33. The molecule has 6 heteroatoms. The highest BCUT2D eigenvalue weighted by atomic mass is 32.1. The Morgan fingerprint density at radius 3 is 2.76 bits per heavy atom. The zero-order chi connectivity index (χ0) is 12.8. The van der Waals surface area contributed by atoms with Crippen LogP contribution < -0.4 is 10.6 Å². The number of urea groups is 1. The monoisotopic (exact) mass is 256 g/mol. The molecule has 0 radical (unpaired) electrons. The number of carboxylic acid groups (broad SMARTS) is 1. The maximum atomic E-state index is 11.4. The lowest BCUT2D eigenvalue weighted by molar-refractivity contribution is -0.137. The van der Waals surface area contributed by atoms with Gasteiger partial charge in [0.1, 0.15) is 0 Å². The van der Waals surface area contributed by atoms with Crippen molar-refractivity contribution in [2.24, 2.45) is 0 Å². The second-order valence-electron chi connectivity index (χ2n) is 3.85. The minimum absolute atomic E-state index is 0.0779. The van der Waals surface area contributed by atoms with E-state index < -0.39 is 5.97 Å². The van der Waals surface area contributed by atoms with Crippen LogP contribution in [0.5, 0.6) is 0 Å². The highest BCUT2D eigenvalue weighted by Gasteiger charge is 2.10. The molecule has 1 atom stereocenters. The van der Waals surface area contributed by atoms with E-state index in [1.807, 2.05) is 18.4 Å². The van der Waals surface area contributed by atoms with Crippen molar-refractivity contribution in [2.45, 2.75) is 32.9 Å². The Kier molecular flexibility index (Phi) is 4.96. The van der Waals surface area contributed by atoms with Gasteiger partial charge in [-0.3, -0.25) is 4.79 Å². The molecule has 5 nitrogen and oxygen atoms in total. The number of aryl methyl sites for hydroxylation is 1. The van der Waals surface area contributed by atoms with Crippen LogP contribution in [0.15, 0.2) is 11.4 Å². The Bertz CT molecular complexity index is 403. The Morgan fingerprint density at radius 2 is 2.24 bits per heavy atom. The van der Waals surface area contributed by atoms with Crippen molar-refractivity contribution in [3.05, 3.63) is 21.9 Å². The van der Waals surface area contributed by atoms with Crippen molar-refractivity contribution in [1.82, 2.24) is 10.6 Å². The highest BCUT2D eigenvalue weighted by molar-refractivity contribution is 7.10. The number of carbonyl (C=O) groups excluding carboxylic acids is 1. The number of carboxylic acids is 1. The highest BCUT2D eigenvalue weighted by Crippen LogP contribution is 2.14. The van der Waals surface area contributed by atoms with Crippen LogP contribution in [0.4, 0.5) is 4.79 Å². The number of aliphatic carboxylic acids is 1. The first-order chi connectivity index (χ1) is 7.99. The fraction of sp³-hybridized carbons (Fsp3) is 0.455. The van der Waals surface area contributed by atoms with E-state index >= 15 is 0 Å². The SMILES string of the molecule is Cc1ccsc1CNC(=O)NC(C)CC(=O)O. The van der Waals surface area contributed by atoms with E-state index in [-0.39, 0.29) is 18.5 Å². The summed E-state index contributed by atoms with van der Waals surface area (Å²) in [5.74, 6) is -0.924. The van der Waals surface area contributed by atoms with Gasteiger partial charge in [-0.2, -0.15) is 0 Å². The molecule has 0 spiro atoms. The standard InChI is InChI=1S/C11H16N2O3S/c1-7-3-4-17-9(7)6-12-11(16)13-8(2)5-10(14)15/h3-4,8H,5-6H2,1-2H3,(H,14,15)(H2,12,13,16). The maximum Gasteiger partial charge on any atom is 0.315 e. The molecule has 1 aromatic heterocycles. The van der Waals surface area contributed by atoms with Gasteiger partial charge >= 0.3 is 12.0 Å². The Hall–Kier alpha value is -1.56. The first kappa shape index (κ1) is 13.5. The van der Waals surface area contributed by atoms with Crippen LogP contribution in [-0.2, 0) is 11.3 Å². The number of hydrogen-bond acceptors (Lipinski definition) is 3. The minimum atomic E-state index is -0.924. The van der Waals surface area contributed by atoms with Gasteiger partial charge in [-0.25, -0.2) is 4.79 Å². The van der Waals surface area contributed by atoms with Crippen LogP contribution in [0.2, 0.25) is 0 Å². The Labute approximate surface area is 104 Å². The molecule has 1 heterocycles. The lowest BCUT2D eigenvalue weighted by Crippen LogP contribution is -2.41. The second kappa shape index (κ2) is 6.24. The number of hydrogen-bond donors (Lipinski definition) is 3.